The van der Waals surface area contributed by atoms with E-state index in [1.807, 2.05) is 0 Å². The van der Waals surface area contributed by atoms with E-state index in [0.717, 1.165) is 0 Å². The molecule has 0 heterocycles. The molecule has 0 bridgehead atoms. The van der Waals surface area contributed by atoms with Crippen molar-refractivity contribution in [2.24, 2.45) is 0 Å². The predicted octanol–water partition coefficient (Wildman–Crippen LogP) is -2.48. The van der Waals surface area contributed by atoms with E-state index in [1.165, 1.54) is 0 Å². The average molecular weight is 178 g/mol. The second-order valence-electron chi connectivity index (χ2n) is 0.224. The largest absolute Gasteiger partial charge is 1.00 e. The van der Waals surface area contributed by atoms with Crippen molar-refractivity contribution in [1.82, 2.24) is 12.3 Å². The minimum Gasteiger partial charge on any atom is -1.00 e. The fourth-order valence-electron chi connectivity index (χ4n) is 0. The normalized spacial score (nSPS) is 3.43. The Kier molecular flexibility index (Phi) is 76.7. The Balaban J connectivity index is -0.0000000150. The first-order valence-corrected chi connectivity index (χ1v) is 0.548. The van der Waals surface area contributed by atoms with E-state index in [4.69, 9.17) is 15.3 Å². The van der Waals surface area contributed by atoms with Gasteiger partial charge in [0.1, 0.15) is 0 Å². The van der Waals surface area contributed by atoms with Crippen LogP contribution in [0, 0.1) is 15.3 Å². The summed E-state index contributed by atoms with van der Waals surface area (Å²) in [6.45, 7) is 0. The van der Waals surface area contributed by atoms with Gasteiger partial charge >= 0.3 is 0 Å². The summed E-state index contributed by atoms with van der Waals surface area (Å²) in [6, 6.07) is 0. The summed E-state index contributed by atoms with van der Waals surface area (Å²) in [6.07, 6.45) is 0. The summed E-state index contributed by atoms with van der Waals surface area (Å²) in [5.41, 5.74) is 0. The minimum atomic E-state index is -1.75. The van der Waals surface area contributed by atoms with Gasteiger partial charge in [-0.1, -0.05) is 0 Å². The first kappa shape index (κ1) is 30.6. The second kappa shape index (κ2) is 17.5. The Hall–Kier alpha value is -0.400. The third-order valence-corrected chi connectivity index (χ3v) is 0. The van der Waals surface area contributed by atoms with E-state index in [2.05, 4.69) is 0 Å². The topological polar surface area (TPSA) is 139 Å². The summed E-state index contributed by atoms with van der Waals surface area (Å²) in [7, 11) is 0. The molecular weight excluding hydrogens is 170 g/mol. The molecule has 0 rings (SSSR count). The van der Waals surface area contributed by atoms with Crippen molar-refractivity contribution in [2.45, 2.75) is 0 Å². The van der Waals surface area contributed by atoms with Gasteiger partial charge in [-0.15, -0.1) is 0 Å². The maximum absolute atomic E-state index is 8.25. The number of nitrogens with zero attached hydrogens (tertiary/aromatic N) is 1. The third kappa shape index (κ3) is 454. The van der Waals surface area contributed by atoms with E-state index in [-0.39, 0.29) is 29.3 Å². The molecule has 0 unspecified atom stereocenters. The average Bonchev–Trinajstić information content (AvgIpc) is 0.811. The second-order valence-corrected chi connectivity index (χ2v) is 0.224. The molecule has 0 amide bonds. The van der Waals surface area contributed by atoms with Crippen molar-refractivity contribution in [3.63, 3.8) is 0 Å². The summed E-state index contributed by atoms with van der Waals surface area (Å²) in [5.74, 6) is 0. The Morgan fingerprint density at radius 3 is 1.14 bits per heavy atom. The molecule has 0 spiro atoms. The van der Waals surface area contributed by atoms with Crippen molar-refractivity contribution in [2.75, 3.05) is 0 Å². The zero-order valence-electron chi connectivity index (χ0n) is 4.05. The van der Waals surface area contributed by atoms with Crippen LogP contribution in [0.15, 0.2) is 0 Å². The third-order valence-electron chi connectivity index (χ3n) is 0. The monoisotopic (exact) mass is 177 g/mol. The lowest BCUT2D eigenvalue weighted by atomic mass is 13.1. The first-order valence-electron chi connectivity index (χ1n) is 0.548. The van der Waals surface area contributed by atoms with Crippen LogP contribution in [0.3, 0.4) is 0 Å². The highest BCUT2D eigenvalue weighted by Crippen LogP contribution is 1.44. The van der Waals surface area contributed by atoms with Crippen LogP contribution >= 0.6 is 0 Å². The van der Waals surface area contributed by atoms with Crippen LogP contribution in [0.25, 0.3) is 0 Å². The maximum Gasteiger partial charge on any atom is 0.0689 e. The Morgan fingerprint density at radius 1 is 1.14 bits per heavy atom. The molecule has 0 aromatic rings. The molecule has 0 aliphatic carbocycles. The lowest BCUT2D eigenvalue weighted by Crippen LogP contribution is -3.00. The molecule has 0 aromatic heterocycles. The van der Waals surface area contributed by atoms with Crippen LogP contribution in [0.1, 0.15) is 0 Å². The molecule has 0 aliphatic rings. The Labute approximate surface area is 50.6 Å². The van der Waals surface area contributed by atoms with E-state index >= 15 is 0 Å². The van der Waals surface area contributed by atoms with Crippen molar-refractivity contribution in [3.8, 4) is 0 Å². The Bertz CT molecular complexity index is 33.2. The summed E-state index contributed by atoms with van der Waals surface area (Å²) in [5, 5.41) is 14.8. The number of rotatable bonds is 0. The van der Waals surface area contributed by atoms with E-state index in [0.29, 0.717) is 0 Å². The van der Waals surface area contributed by atoms with Crippen LogP contribution in [0.2, 0.25) is 0 Å². The zero-order valence-corrected chi connectivity index (χ0v) is 5.64. The molecular formula is H8BrN3O3. The number of hydrogen-bond acceptors (Lipinski definition) is 3. The predicted molar refractivity (Wildman–Crippen MR) is 22.3 cm³/mol. The Morgan fingerprint density at radius 2 is 1.14 bits per heavy atom. The van der Waals surface area contributed by atoms with Crippen LogP contribution in [0.5, 0.6) is 0 Å². The number of halogens is 1. The van der Waals surface area contributed by atoms with Crippen molar-refractivity contribution < 1.29 is 22.1 Å². The highest BCUT2D eigenvalue weighted by atomic mass is 79.9. The summed E-state index contributed by atoms with van der Waals surface area (Å²) in [4.78, 5) is 8.25. The summed E-state index contributed by atoms with van der Waals surface area (Å²) < 4.78 is 0. The SMILES string of the molecule is O=[N+]([O-])[O-].[Br-].[NH4+].[NH4+]. The highest BCUT2D eigenvalue weighted by Gasteiger charge is 1.45. The molecule has 8 N–H and O–H groups in total. The van der Waals surface area contributed by atoms with Crippen molar-refractivity contribution in [1.29, 1.82) is 0 Å². The van der Waals surface area contributed by atoms with Crippen LogP contribution in [-0.2, 0) is 0 Å². The lowest BCUT2D eigenvalue weighted by Gasteiger charge is -1.74. The molecule has 0 aromatic carbocycles. The quantitative estimate of drug-likeness (QED) is 0.313. The fraction of sp³-hybridized carbons (Fsp3) is 0. The van der Waals surface area contributed by atoms with Gasteiger partial charge in [0.25, 0.3) is 0 Å². The number of hydrogen-bond donors (Lipinski definition) is 2. The summed E-state index contributed by atoms with van der Waals surface area (Å²) >= 11 is 0. The van der Waals surface area contributed by atoms with Gasteiger partial charge in [0.15, 0.2) is 0 Å². The van der Waals surface area contributed by atoms with Crippen molar-refractivity contribution in [3.05, 3.63) is 15.3 Å². The molecule has 0 radical (unpaired) electrons. The molecule has 0 saturated carbocycles. The fourth-order valence-corrected chi connectivity index (χ4v) is 0. The first-order chi connectivity index (χ1) is 1.73. The molecule has 0 saturated heterocycles. The van der Waals surface area contributed by atoms with Crippen molar-refractivity contribution >= 4 is 0 Å². The van der Waals surface area contributed by atoms with E-state index in [1.54, 1.807) is 0 Å². The molecule has 0 aliphatic heterocycles. The number of quaternary nitrogens is 2. The highest BCUT2D eigenvalue weighted by molar-refractivity contribution is 4.03. The molecule has 6 nitrogen and oxygen atoms in total. The molecule has 7 heteroatoms. The van der Waals surface area contributed by atoms with E-state index in [9.17, 15) is 0 Å². The van der Waals surface area contributed by atoms with Gasteiger partial charge in [-0.3, -0.25) is 0 Å². The van der Waals surface area contributed by atoms with Crippen LogP contribution in [-0.4, -0.2) is 5.09 Å². The standard InChI is InChI=1S/BrH.NO3.2H3N/c;2-1(3)4;;/h1H;;2*1H3/q;-1;;/p+1. The van der Waals surface area contributed by atoms with Gasteiger partial charge in [0.2, 0.25) is 0 Å². The molecule has 0 atom stereocenters. The van der Waals surface area contributed by atoms with Gasteiger partial charge in [0.05, 0.1) is 5.09 Å². The lowest BCUT2D eigenvalue weighted by molar-refractivity contribution is -0.402. The van der Waals surface area contributed by atoms with Crippen LogP contribution in [0.4, 0.5) is 0 Å². The van der Waals surface area contributed by atoms with E-state index < -0.39 is 5.09 Å². The van der Waals surface area contributed by atoms with Gasteiger partial charge < -0.3 is 44.6 Å². The zero-order chi connectivity index (χ0) is 3.58. The maximum atomic E-state index is 8.25. The van der Waals surface area contributed by atoms with Gasteiger partial charge in [-0.05, 0) is 0 Å². The van der Waals surface area contributed by atoms with Gasteiger partial charge in [-0.25, -0.2) is 0 Å². The van der Waals surface area contributed by atoms with Gasteiger partial charge in [0, 0.05) is 0 Å². The smallest absolute Gasteiger partial charge is 0.0689 e. The molecule has 7 heavy (non-hydrogen) atoms. The molecule has 0 fully saturated rings. The van der Waals surface area contributed by atoms with Gasteiger partial charge in [-0.2, -0.15) is 0 Å². The molecule has 48 valence electrons. The van der Waals surface area contributed by atoms with Crippen LogP contribution < -0.4 is 29.3 Å². The minimum absolute atomic E-state index is 0.